The highest BCUT2D eigenvalue weighted by molar-refractivity contribution is 6.25. The second-order valence-corrected chi connectivity index (χ2v) is 2.81. The van der Waals surface area contributed by atoms with Gasteiger partial charge in [0, 0.05) is 5.54 Å². The third kappa shape index (κ3) is 2.74. The molecule has 0 N–H and O–H groups in total. The number of rotatable bonds is 3. The standard InChI is InChI=1S/C10H10ClFO/c1-8-4-2-5-9(10(8)12)13-7-3-6-11/h2-6H,7H2,1H3/b6-3+. The van der Waals surface area contributed by atoms with E-state index in [1.807, 2.05) is 0 Å². The monoisotopic (exact) mass is 200 g/mol. The van der Waals surface area contributed by atoms with Crippen LogP contribution in [0.2, 0.25) is 0 Å². The Morgan fingerprint density at radius 1 is 1.54 bits per heavy atom. The zero-order valence-corrected chi connectivity index (χ0v) is 8.01. The van der Waals surface area contributed by atoms with Crippen molar-refractivity contribution in [2.75, 3.05) is 6.61 Å². The van der Waals surface area contributed by atoms with Crippen LogP contribution in [0.3, 0.4) is 0 Å². The van der Waals surface area contributed by atoms with Crippen molar-refractivity contribution in [3.05, 3.63) is 41.2 Å². The van der Waals surface area contributed by atoms with Gasteiger partial charge in [-0.05, 0) is 24.6 Å². The van der Waals surface area contributed by atoms with Gasteiger partial charge in [-0.1, -0.05) is 23.7 Å². The van der Waals surface area contributed by atoms with E-state index in [2.05, 4.69) is 0 Å². The predicted molar refractivity (Wildman–Crippen MR) is 51.6 cm³/mol. The van der Waals surface area contributed by atoms with Gasteiger partial charge in [0.2, 0.25) is 0 Å². The first-order valence-corrected chi connectivity index (χ1v) is 4.32. The highest BCUT2D eigenvalue weighted by atomic mass is 35.5. The Morgan fingerprint density at radius 3 is 3.00 bits per heavy atom. The lowest BCUT2D eigenvalue weighted by atomic mass is 10.2. The molecule has 0 saturated carbocycles. The molecule has 0 amide bonds. The molecular weight excluding hydrogens is 191 g/mol. The van der Waals surface area contributed by atoms with Crippen LogP contribution in [0, 0.1) is 12.7 Å². The maximum atomic E-state index is 13.2. The third-order valence-corrected chi connectivity index (χ3v) is 1.76. The van der Waals surface area contributed by atoms with Crippen LogP contribution in [-0.2, 0) is 0 Å². The zero-order valence-electron chi connectivity index (χ0n) is 7.26. The van der Waals surface area contributed by atoms with Crippen LogP contribution in [0.15, 0.2) is 29.8 Å². The normalized spacial score (nSPS) is 10.7. The van der Waals surface area contributed by atoms with Crippen LogP contribution in [0.4, 0.5) is 4.39 Å². The smallest absolute Gasteiger partial charge is 0.167 e. The summed E-state index contributed by atoms with van der Waals surface area (Å²) in [6, 6.07) is 5.03. The molecule has 0 fully saturated rings. The molecule has 1 aromatic rings. The van der Waals surface area contributed by atoms with E-state index in [-0.39, 0.29) is 18.2 Å². The number of hydrogen-bond donors (Lipinski definition) is 0. The first kappa shape index (κ1) is 10.1. The topological polar surface area (TPSA) is 9.23 Å². The molecule has 0 saturated heterocycles. The van der Waals surface area contributed by atoms with E-state index in [9.17, 15) is 4.39 Å². The summed E-state index contributed by atoms with van der Waals surface area (Å²) in [6.45, 7) is 1.98. The Hall–Kier alpha value is -1.02. The van der Waals surface area contributed by atoms with Gasteiger partial charge in [0.1, 0.15) is 6.61 Å². The Bertz CT molecular complexity index is 310. The number of benzene rings is 1. The molecule has 0 bridgehead atoms. The largest absolute Gasteiger partial charge is 0.486 e. The van der Waals surface area contributed by atoms with Crippen LogP contribution in [0.1, 0.15) is 5.56 Å². The Kier molecular flexibility index (Phi) is 3.77. The van der Waals surface area contributed by atoms with Crippen molar-refractivity contribution in [1.29, 1.82) is 0 Å². The minimum atomic E-state index is -0.314. The maximum absolute atomic E-state index is 13.2. The molecular formula is C10H10ClFO. The minimum Gasteiger partial charge on any atom is -0.486 e. The highest BCUT2D eigenvalue weighted by Crippen LogP contribution is 2.19. The third-order valence-electron chi connectivity index (χ3n) is 1.58. The summed E-state index contributed by atoms with van der Waals surface area (Å²) in [6.07, 6.45) is 1.60. The molecule has 0 atom stereocenters. The molecule has 0 aromatic heterocycles. The fourth-order valence-corrected chi connectivity index (χ4v) is 0.979. The Balaban J connectivity index is 2.71. The molecule has 0 spiro atoms. The number of aryl methyl sites for hydroxylation is 1. The maximum Gasteiger partial charge on any atom is 0.167 e. The van der Waals surface area contributed by atoms with Gasteiger partial charge < -0.3 is 4.74 Å². The van der Waals surface area contributed by atoms with Gasteiger partial charge in [-0.3, -0.25) is 0 Å². The fraction of sp³-hybridized carbons (Fsp3) is 0.200. The molecule has 0 heterocycles. The predicted octanol–water partition coefficient (Wildman–Crippen LogP) is 3.27. The average Bonchev–Trinajstić information content (AvgIpc) is 2.13. The van der Waals surface area contributed by atoms with Gasteiger partial charge in [0.05, 0.1) is 0 Å². The van der Waals surface area contributed by atoms with E-state index >= 15 is 0 Å². The molecule has 13 heavy (non-hydrogen) atoms. The van der Waals surface area contributed by atoms with Gasteiger partial charge in [0.25, 0.3) is 0 Å². The summed E-state index contributed by atoms with van der Waals surface area (Å²) in [5, 5.41) is 0. The Labute approximate surface area is 81.8 Å². The van der Waals surface area contributed by atoms with Gasteiger partial charge in [0.15, 0.2) is 11.6 Å². The molecule has 0 aliphatic heterocycles. The molecule has 0 radical (unpaired) electrons. The summed E-state index contributed by atoms with van der Waals surface area (Å²) in [5.74, 6) is -0.0553. The fourth-order valence-electron chi connectivity index (χ4n) is 0.906. The van der Waals surface area contributed by atoms with E-state index < -0.39 is 0 Å². The number of hydrogen-bond acceptors (Lipinski definition) is 1. The Morgan fingerprint density at radius 2 is 2.31 bits per heavy atom. The zero-order chi connectivity index (χ0) is 9.68. The van der Waals surface area contributed by atoms with E-state index in [1.54, 1.807) is 31.2 Å². The van der Waals surface area contributed by atoms with E-state index in [0.29, 0.717) is 5.56 Å². The quantitative estimate of drug-likeness (QED) is 0.728. The second-order valence-electron chi connectivity index (χ2n) is 2.56. The molecule has 70 valence electrons. The van der Waals surface area contributed by atoms with Crippen LogP contribution in [-0.4, -0.2) is 6.61 Å². The number of halogens is 2. The van der Waals surface area contributed by atoms with E-state index in [1.165, 1.54) is 5.54 Å². The lowest BCUT2D eigenvalue weighted by molar-refractivity contribution is 0.341. The SMILES string of the molecule is Cc1cccc(OC/C=C/Cl)c1F. The van der Waals surface area contributed by atoms with E-state index in [0.717, 1.165) is 0 Å². The average molecular weight is 201 g/mol. The molecule has 0 aliphatic rings. The van der Waals surface area contributed by atoms with Crippen molar-refractivity contribution >= 4 is 11.6 Å². The highest BCUT2D eigenvalue weighted by Gasteiger charge is 2.03. The van der Waals surface area contributed by atoms with Crippen LogP contribution in [0.25, 0.3) is 0 Å². The van der Waals surface area contributed by atoms with Gasteiger partial charge >= 0.3 is 0 Å². The van der Waals surface area contributed by atoms with Crippen LogP contribution < -0.4 is 4.74 Å². The molecule has 1 rings (SSSR count). The van der Waals surface area contributed by atoms with Crippen LogP contribution in [0.5, 0.6) is 5.75 Å². The molecule has 1 aromatic carbocycles. The van der Waals surface area contributed by atoms with Crippen molar-refractivity contribution in [2.24, 2.45) is 0 Å². The summed E-state index contributed by atoms with van der Waals surface area (Å²) < 4.78 is 18.4. The van der Waals surface area contributed by atoms with E-state index in [4.69, 9.17) is 16.3 Å². The van der Waals surface area contributed by atoms with Gasteiger partial charge in [-0.2, -0.15) is 0 Å². The van der Waals surface area contributed by atoms with Crippen molar-refractivity contribution in [3.8, 4) is 5.75 Å². The van der Waals surface area contributed by atoms with Crippen molar-refractivity contribution in [2.45, 2.75) is 6.92 Å². The second kappa shape index (κ2) is 4.87. The lowest BCUT2D eigenvalue weighted by Gasteiger charge is -2.05. The lowest BCUT2D eigenvalue weighted by Crippen LogP contribution is -1.96. The first-order valence-electron chi connectivity index (χ1n) is 3.89. The summed E-state index contributed by atoms with van der Waals surface area (Å²) in [5.41, 5.74) is 1.92. The minimum absolute atomic E-state index is 0.259. The van der Waals surface area contributed by atoms with Crippen molar-refractivity contribution < 1.29 is 9.13 Å². The van der Waals surface area contributed by atoms with Crippen LogP contribution >= 0.6 is 11.6 Å². The van der Waals surface area contributed by atoms with Crippen molar-refractivity contribution in [1.82, 2.24) is 0 Å². The number of ether oxygens (including phenoxy) is 1. The summed E-state index contributed by atoms with van der Waals surface area (Å²) in [7, 11) is 0. The molecule has 3 heteroatoms. The molecule has 0 unspecified atom stereocenters. The van der Waals surface area contributed by atoms with Gasteiger partial charge in [-0.15, -0.1) is 0 Å². The first-order chi connectivity index (χ1) is 6.25. The van der Waals surface area contributed by atoms with Gasteiger partial charge in [-0.25, -0.2) is 4.39 Å². The molecule has 0 aliphatic carbocycles. The molecule has 1 nitrogen and oxygen atoms in total. The summed E-state index contributed by atoms with van der Waals surface area (Å²) >= 11 is 5.28. The summed E-state index contributed by atoms with van der Waals surface area (Å²) in [4.78, 5) is 0. The van der Waals surface area contributed by atoms with Crippen molar-refractivity contribution in [3.63, 3.8) is 0 Å².